The summed E-state index contributed by atoms with van der Waals surface area (Å²) in [5.41, 5.74) is 0. The molecule has 1 aliphatic heterocycles. The number of nitrogens with zero attached hydrogens (tertiary/aromatic N) is 1. The number of ether oxygens (including phenoxy) is 1. The number of rotatable bonds is 4. The third-order valence-corrected chi connectivity index (χ3v) is 5.37. The second-order valence-electron chi connectivity index (χ2n) is 5.65. The monoisotopic (exact) mass is 282 g/mol. The summed E-state index contributed by atoms with van der Waals surface area (Å²) in [4.78, 5) is 5.24. The van der Waals surface area contributed by atoms with Crippen molar-refractivity contribution >= 4 is 16.5 Å². The number of hydrogen-bond acceptors (Lipinski definition) is 5. The second kappa shape index (κ2) is 6.09. The molecule has 1 atom stereocenters. The molecule has 1 saturated heterocycles. The van der Waals surface area contributed by atoms with Gasteiger partial charge in [0.2, 0.25) is 5.88 Å². The largest absolute Gasteiger partial charge is 0.492 e. The summed E-state index contributed by atoms with van der Waals surface area (Å²) in [6, 6.07) is 0. The fourth-order valence-corrected chi connectivity index (χ4v) is 4.02. The average molecular weight is 282 g/mol. The highest BCUT2D eigenvalue weighted by atomic mass is 32.1. The van der Waals surface area contributed by atoms with E-state index in [-0.39, 0.29) is 5.88 Å². The summed E-state index contributed by atoms with van der Waals surface area (Å²) in [7, 11) is 0. The van der Waals surface area contributed by atoms with Crippen molar-refractivity contribution < 1.29 is 9.84 Å². The fourth-order valence-electron chi connectivity index (χ4n) is 3.03. The van der Waals surface area contributed by atoms with Crippen molar-refractivity contribution in [3.05, 3.63) is 4.88 Å². The number of aromatic hydroxyl groups is 1. The highest BCUT2D eigenvalue weighted by molar-refractivity contribution is 7.16. The van der Waals surface area contributed by atoms with E-state index in [1.807, 2.05) is 0 Å². The van der Waals surface area contributed by atoms with E-state index in [1.165, 1.54) is 32.1 Å². The molecule has 5 heteroatoms. The van der Waals surface area contributed by atoms with Crippen molar-refractivity contribution in [3.8, 4) is 5.88 Å². The maximum atomic E-state index is 9.93. The maximum Gasteiger partial charge on any atom is 0.227 e. The molecule has 2 fully saturated rings. The summed E-state index contributed by atoms with van der Waals surface area (Å²) >= 11 is 1.59. The summed E-state index contributed by atoms with van der Waals surface area (Å²) in [5, 5.41) is 14.2. The Balaban J connectivity index is 1.57. The Hall–Kier alpha value is -0.810. The van der Waals surface area contributed by atoms with Gasteiger partial charge >= 0.3 is 0 Å². The molecular formula is C14H22N2O2S. The fraction of sp³-hybridized carbons (Fsp3) is 0.786. The van der Waals surface area contributed by atoms with Crippen LogP contribution in [-0.2, 0) is 4.74 Å². The van der Waals surface area contributed by atoms with Crippen LogP contribution in [0.5, 0.6) is 5.88 Å². The van der Waals surface area contributed by atoms with Crippen LogP contribution in [0.2, 0.25) is 0 Å². The predicted molar refractivity (Wildman–Crippen MR) is 77.0 cm³/mol. The normalized spacial score (nSPS) is 24.7. The van der Waals surface area contributed by atoms with E-state index in [4.69, 9.17) is 4.74 Å². The molecular weight excluding hydrogens is 260 g/mol. The molecule has 0 amide bonds. The molecule has 1 aromatic heterocycles. The SMILES string of the molecule is Oc1nc(NCC2CCCCC2)sc1C1CCOC1. The third kappa shape index (κ3) is 3.20. The van der Waals surface area contributed by atoms with E-state index < -0.39 is 0 Å². The van der Waals surface area contributed by atoms with Gasteiger partial charge in [-0.15, -0.1) is 0 Å². The van der Waals surface area contributed by atoms with E-state index in [0.717, 1.165) is 42.1 Å². The minimum Gasteiger partial charge on any atom is -0.492 e. The quantitative estimate of drug-likeness (QED) is 0.889. The topological polar surface area (TPSA) is 54.4 Å². The zero-order valence-corrected chi connectivity index (χ0v) is 12.0. The highest BCUT2D eigenvalue weighted by Gasteiger charge is 2.24. The number of hydrogen-bond donors (Lipinski definition) is 2. The van der Waals surface area contributed by atoms with E-state index in [0.29, 0.717) is 5.92 Å². The van der Waals surface area contributed by atoms with Crippen LogP contribution >= 0.6 is 11.3 Å². The van der Waals surface area contributed by atoms with Gasteiger partial charge in [-0.2, -0.15) is 4.98 Å². The van der Waals surface area contributed by atoms with Crippen LogP contribution in [-0.4, -0.2) is 29.8 Å². The Morgan fingerprint density at radius 3 is 2.84 bits per heavy atom. The molecule has 2 N–H and O–H groups in total. The Bertz CT molecular complexity index is 410. The van der Waals surface area contributed by atoms with Gasteiger partial charge in [0.25, 0.3) is 0 Å². The minimum atomic E-state index is 0.201. The van der Waals surface area contributed by atoms with Crippen molar-refractivity contribution in [2.24, 2.45) is 5.92 Å². The van der Waals surface area contributed by atoms with Crippen molar-refractivity contribution in [2.75, 3.05) is 25.1 Å². The Labute approximate surface area is 118 Å². The van der Waals surface area contributed by atoms with Crippen LogP contribution in [0.3, 0.4) is 0 Å². The van der Waals surface area contributed by atoms with Gasteiger partial charge in [0.15, 0.2) is 5.13 Å². The first-order valence-corrected chi connectivity index (χ1v) is 8.16. The van der Waals surface area contributed by atoms with Crippen LogP contribution in [0.1, 0.15) is 49.3 Å². The summed E-state index contributed by atoms with van der Waals surface area (Å²) in [6.45, 7) is 2.51. The maximum absolute atomic E-state index is 9.93. The Morgan fingerprint density at radius 2 is 2.11 bits per heavy atom. The van der Waals surface area contributed by atoms with Gasteiger partial charge in [-0.1, -0.05) is 30.6 Å². The molecule has 3 rings (SSSR count). The molecule has 1 aliphatic carbocycles. The second-order valence-corrected chi connectivity index (χ2v) is 6.68. The van der Waals surface area contributed by atoms with Gasteiger partial charge in [0.05, 0.1) is 11.5 Å². The van der Waals surface area contributed by atoms with Crippen LogP contribution in [0.15, 0.2) is 0 Å². The Morgan fingerprint density at radius 1 is 1.26 bits per heavy atom. The van der Waals surface area contributed by atoms with Gasteiger partial charge in [0.1, 0.15) is 0 Å². The molecule has 2 aliphatic rings. The lowest BCUT2D eigenvalue weighted by Gasteiger charge is -2.21. The molecule has 1 saturated carbocycles. The summed E-state index contributed by atoms with van der Waals surface area (Å²) in [5.74, 6) is 1.31. The van der Waals surface area contributed by atoms with E-state index in [2.05, 4.69) is 10.3 Å². The smallest absolute Gasteiger partial charge is 0.227 e. The third-order valence-electron chi connectivity index (χ3n) is 4.20. The van der Waals surface area contributed by atoms with Crippen molar-refractivity contribution in [1.82, 2.24) is 4.98 Å². The standard InChI is InChI=1S/C14H22N2O2S/c17-13-12(11-6-7-18-9-11)19-14(16-13)15-8-10-4-2-1-3-5-10/h10-11,17H,1-9H2,(H,15,16). The number of aromatic nitrogens is 1. The molecule has 106 valence electrons. The lowest BCUT2D eigenvalue weighted by molar-refractivity contribution is 0.194. The van der Waals surface area contributed by atoms with E-state index in [1.54, 1.807) is 11.3 Å². The average Bonchev–Trinajstić information content (AvgIpc) is 3.07. The molecule has 2 heterocycles. The lowest BCUT2D eigenvalue weighted by Crippen LogP contribution is -2.16. The van der Waals surface area contributed by atoms with Gasteiger partial charge < -0.3 is 15.2 Å². The molecule has 0 spiro atoms. The van der Waals surface area contributed by atoms with E-state index in [9.17, 15) is 5.11 Å². The molecule has 19 heavy (non-hydrogen) atoms. The van der Waals surface area contributed by atoms with Gasteiger partial charge in [-0.3, -0.25) is 0 Å². The molecule has 4 nitrogen and oxygen atoms in total. The minimum absolute atomic E-state index is 0.201. The molecule has 0 bridgehead atoms. The van der Waals surface area contributed by atoms with Gasteiger partial charge in [0, 0.05) is 19.1 Å². The molecule has 0 aromatic carbocycles. The van der Waals surface area contributed by atoms with Gasteiger partial charge in [-0.25, -0.2) is 0 Å². The van der Waals surface area contributed by atoms with Crippen molar-refractivity contribution in [2.45, 2.75) is 44.4 Å². The summed E-state index contributed by atoms with van der Waals surface area (Å²) in [6.07, 6.45) is 7.76. The highest BCUT2D eigenvalue weighted by Crippen LogP contribution is 2.38. The Kier molecular flexibility index (Phi) is 4.23. The first-order chi connectivity index (χ1) is 9.33. The summed E-state index contributed by atoms with van der Waals surface area (Å²) < 4.78 is 5.38. The molecule has 1 aromatic rings. The van der Waals surface area contributed by atoms with Crippen molar-refractivity contribution in [3.63, 3.8) is 0 Å². The molecule has 0 radical (unpaired) electrons. The number of nitrogens with one attached hydrogen (secondary N) is 1. The zero-order chi connectivity index (χ0) is 13.1. The van der Waals surface area contributed by atoms with Crippen molar-refractivity contribution in [1.29, 1.82) is 0 Å². The van der Waals surface area contributed by atoms with Gasteiger partial charge in [-0.05, 0) is 25.2 Å². The number of anilines is 1. The van der Waals surface area contributed by atoms with Crippen LogP contribution in [0.4, 0.5) is 5.13 Å². The van der Waals surface area contributed by atoms with Crippen LogP contribution in [0, 0.1) is 5.92 Å². The first kappa shape index (κ1) is 13.2. The van der Waals surface area contributed by atoms with Crippen LogP contribution < -0.4 is 5.32 Å². The zero-order valence-electron chi connectivity index (χ0n) is 11.2. The predicted octanol–water partition coefficient (Wildman–Crippen LogP) is 3.34. The lowest BCUT2D eigenvalue weighted by atomic mass is 9.89. The van der Waals surface area contributed by atoms with Crippen LogP contribution in [0.25, 0.3) is 0 Å². The first-order valence-electron chi connectivity index (χ1n) is 7.34. The number of thiazole rings is 1. The molecule has 1 unspecified atom stereocenters. The van der Waals surface area contributed by atoms with E-state index >= 15 is 0 Å².